The smallest absolute Gasteiger partial charge is 0.264 e. The van der Waals surface area contributed by atoms with Crippen molar-refractivity contribution in [3.63, 3.8) is 0 Å². The maximum Gasteiger partial charge on any atom is 0.264 e. The molecule has 0 saturated heterocycles. The van der Waals surface area contributed by atoms with Crippen molar-refractivity contribution in [3.8, 4) is 0 Å². The molecule has 202 valence electrons. The molecule has 0 spiro atoms. The Bertz CT molecular complexity index is 1420. The summed E-state index contributed by atoms with van der Waals surface area (Å²) in [6.45, 7) is 2.54. The Hall–Kier alpha value is -2.28. The van der Waals surface area contributed by atoms with Gasteiger partial charge in [0, 0.05) is 31.6 Å². The van der Waals surface area contributed by atoms with Crippen LogP contribution < -0.4 is 4.90 Å². The highest BCUT2D eigenvalue weighted by Gasteiger charge is 2.52. The van der Waals surface area contributed by atoms with Crippen LogP contribution in [0.25, 0.3) is 0 Å². The lowest BCUT2D eigenvalue weighted by molar-refractivity contribution is -0.139. The first kappa shape index (κ1) is 28.3. The number of aliphatic hydroxyl groups excluding tert-OH is 1. The van der Waals surface area contributed by atoms with E-state index in [4.69, 9.17) is 0 Å². The van der Waals surface area contributed by atoms with Crippen LogP contribution in [0.2, 0.25) is 0 Å². The molecule has 6 nitrogen and oxygen atoms in total. The number of aliphatic hydroxyl groups is 2. The average molecular weight is 748 g/mol. The van der Waals surface area contributed by atoms with Crippen molar-refractivity contribution in [2.45, 2.75) is 44.5 Å². The molecule has 2 amide bonds. The summed E-state index contributed by atoms with van der Waals surface area (Å²) in [6, 6.07) is 21.4. The van der Waals surface area contributed by atoms with Gasteiger partial charge in [0.05, 0.1) is 24.9 Å². The van der Waals surface area contributed by atoms with Gasteiger partial charge in [-0.3, -0.25) is 9.59 Å². The topological polar surface area (TPSA) is 81.1 Å². The summed E-state index contributed by atoms with van der Waals surface area (Å²) < 4.78 is 2.04. The number of halogens is 2. The van der Waals surface area contributed by atoms with Gasteiger partial charge >= 0.3 is 0 Å². The van der Waals surface area contributed by atoms with Gasteiger partial charge in [-0.1, -0.05) is 55.5 Å². The third-order valence-electron chi connectivity index (χ3n) is 7.75. The molecule has 0 radical (unpaired) electrons. The van der Waals surface area contributed by atoms with Crippen molar-refractivity contribution in [2.24, 2.45) is 5.92 Å². The van der Waals surface area contributed by atoms with E-state index in [1.807, 2.05) is 73.7 Å². The number of hydrogen-bond donors (Lipinski definition) is 2. The molecule has 2 N–H and O–H groups in total. The first-order valence-corrected chi connectivity index (χ1v) is 15.1. The maximum atomic E-state index is 13.8. The van der Waals surface area contributed by atoms with E-state index in [1.54, 1.807) is 22.0 Å². The Morgan fingerprint density at radius 2 is 1.77 bits per heavy atom. The fourth-order valence-corrected chi connectivity index (χ4v) is 6.37. The second-order valence-corrected chi connectivity index (χ2v) is 12.7. The Morgan fingerprint density at radius 3 is 2.49 bits per heavy atom. The van der Waals surface area contributed by atoms with Gasteiger partial charge in [-0.15, -0.1) is 0 Å². The monoisotopic (exact) mass is 748 g/mol. The third kappa shape index (κ3) is 5.53. The Morgan fingerprint density at radius 1 is 1.08 bits per heavy atom. The van der Waals surface area contributed by atoms with Crippen molar-refractivity contribution >= 4 is 62.7 Å². The van der Waals surface area contributed by atoms with E-state index in [9.17, 15) is 19.8 Å². The summed E-state index contributed by atoms with van der Waals surface area (Å²) in [5.41, 5.74) is 2.79. The Labute approximate surface area is 256 Å². The van der Waals surface area contributed by atoms with Crippen LogP contribution in [-0.2, 0) is 34.7 Å². The average Bonchev–Trinajstić information content (AvgIpc) is 3.15. The zero-order valence-electron chi connectivity index (χ0n) is 21.6. The number of carbonyl (C=O) groups excluding carboxylic acids is 2. The van der Waals surface area contributed by atoms with Crippen molar-refractivity contribution in [2.75, 3.05) is 11.5 Å². The van der Waals surface area contributed by atoms with Gasteiger partial charge in [-0.2, -0.15) is 0 Å². The van der Waals surface area contributed by atoms with Gasteiger partial charge in [0.25, 0.3) is 5.91 Å². The van der Waals surface area contributed by atoms with Crippen molar-refractivity contribution in [1.29, 1.82) is 0 Å². The third-order valence-corrected chi connectivity index (χ3v) is 9.14. The van der Waals surface area contributed by atoms with Gasteiger partial charge in [0.15, 0.2) is 5.60 Å². The lowest BCUT2D eigenvalue weighted by Crippen LogP contribution is -2.46. The van der Waals surface area contributed by atoms with E-state index >= 15 is 0 Å². The minimum atomic E-state index is -1.74. The molecule has 3 aromatic carbocycles. The summed E-state index contributed by atoms with van der Waals surface area (Å²) in [5, 5.41) is 21.9. The fraction of sp³-hybridized carbons (Fsp3) is 0.290. The molecular weight excluding hydrogens is 718 g/mol. The highest BCUT2D eigenvalue weighted by atomic mass is 127. The first-order valence-electron chi connectivity index (χ1n) is 12.9. The highest BCUT2D eigenvalue weighted by molar-refractivity contribution is 14.1. The van der Waals surface area contributed by atoms with Gasteiger partial charge in [-0.25, -0.2) is 0 Å². The Kier molecular flexibility index (Phi) is 8.46. The predicted molar refractivity (Wildman–Crippen MR) is 168 cm³/mol. The van der Waals surface area contributed by atoms with Gasteiger partial charge in [0.2, 0.25) is 5.91 Å². The maximum absolute atomic E-state index is 13.8. The van der Waals surface area contributed by atoms with Crippen LogP contribution in [0.15, 0.2) is 78.9 Å². The Balaban J connectivity index is 1.34. The summed E-state index contributed by atoms with van der Waals surface area (Å²) >= 11 is 4.44. The zero-order chi connectivity index (χ0) is 27.7. The normalized spacial score (nSPS) is 21.3. The molecule has 0 aromatic heterocycles. The predicted octanol–water partition coefficient (Wildman–Crippen LogP) is 5.16. The molecule has 0 saturated carbocycles. The molecule has 2 aliphatic rings. The van der Waals surface area contributed by atoms with Crippen molar-refractivity contribution < 1.29 is 19.8 Å². The lowest BCUT2D eigenvalue weighted by atomic mass is 9.83. The van der Waals surface area contributed by atoms with Crippen LogP contribution >= 0.6 is 45.2 Å². The van der Waals surface area contributed by atoms with Crippen LogP contribution in [0.4, 0.5) is 5.69 Å². The fourth-order valence-electron chi connectivity index (χ4n) is 5.52. The summed E-state index contributed by atoms with van der Waals surface area (Å²) in [4.78, 5) is 30.3. The van der Waals surface area contributed by atoms with Crippen LogP contribution in [0.1, 0.15) is 35.6 Å². The van der Waals surface area contributed by atoms with Gasteiger partial charge in [0.1, 0.15) is 0 Å². The van der Waals surface area contributed by atoms with Crippen LogP contribution in [0.5, 0.6) is 0 Å². The van der Waals surface area contributed by atoms with E-state index in [0.717, 1.165) is 23.8 Å². The number of benzene rings is 3. The second kappa shape index (κ2) is 11.7. The van der Waals surface area contributed by atoms with Crippen LogP contribution in [0, 0.1) is 13.1 Å². The van der Waals surface area contributed by atoms with E-state index in [-0.39, 0.29) is 30.9 Å². The van der Waals surface area contributed by atoms with Crippen LogP contribution in [-0.4, -0.2) is 39.6 Å². The second-order valence-electron chi connectivity index (χ2n) is 10.2. The molecular formula is C31H30I2N2O4. The van der Waals surface area contributed by atoms with E-state index in [1.165, 1.54) is 0 Å². The minimum absolute atomic E-state index is 0.0907. The largest absolute Gasteiger partial charge is 0.394 e. The number of anilines is 1. The summed E-state index contributed by atoms with van der Waals surface area (Å²) in [5.74, 6) is -1.02. The molecule has 3 aromatic rings. The SMILES string of the molecule is C[C@@H](/C=C/CC(=O)N1Cc2ccccc2C[C@H]1CO)[C@]1(O)C(=O)N(Cc2ccc(I)cc2)c2ccc(I)cc21. The number of rotatable bonds is 7. The summed E-state index contributed by atoms with van der Waals surface area (Å²) in [6.07, 6.45) is 4.25. The number of amides is 2. The van der Waals surface area contributed by atoms with Gasteiger partial charge < -0.3 is 20.0 Å². The van der Waals surface area contributed by atoms with E-state index in [2.05, 4.69) is 45.2 Å². The number of nitrogens with zero attached hydrogens (tertiary/aromatic N) is 2. The molecule has 3 atom stereocenters. The first-order chi connectivity index (χ1) is 18.7. The minimum Gasteiger partial charge on any atom is -0.394 e. The molecule has 8 heteroatoms. The molecule has 0 aliphatic carbocycles. The number of fused-ring (bicyclic) bond motifs is 2. The van der Waals surface area contributed by atoms with Crippen molar-refractivity contribution in [1.82, 2.24) is 4.90 Å². The molecule has 5 rings (SSSR count). The lowest BCUT2D eigenvalue weighted by Gasteiger charge is -2.36. The number of hydrogen-bond acceptors (Lipinski definition) is 4. The molecule has 39 heavy (non-hydrogen) atoms. The van der Waals surface area contributed by atoms with Gasteiger partial charge in [-0.05, 0) is 98.6 Å². The van der Waals surface area contributed by atoms with Crippen molar-refractivity contribution in [3.05, 3.63) is 108 Å². The molecule has 0 fully saturated rings. The number of carbonyl (C=O) groups is 2. The standard InChI is InChI=1S/C31H30I2N2O4/c1-20(5-4-8-29(37)34-18-23-7-3-2-6-22(23)15-26(34)19-36)31(39)27-16-25(33)13-14-28(27)35(30(31)38)17-21-9-11-24(32)12-10-21/h2-7,9-14,16,20,26,36,39H,8,15,17-19H2,1H3/b5-4+/t20-,26-,31+/m0/s1. The molecule has 0 bridgehead atoms. The summed E-state index contributed by atoms with van der Waals surface area (Å²) in [7, 11) is 0. The highest BCUT2D eigenvalue weighted by Crippen LogP contribution is 2.46. The molecule has 0 unspecified atom stereocenters. The van der Waals surface area contributed by atoms with Crippen LogP contribution in [0.3, 0.4) is 0 Å². The quantitative estimate of drug-likeness (QED) is 0.259. The van der Waals surface area contributed by atoms with E-state index in [0.29, 0.717) is 30.8 Å². The molecule has 2 aliphatic heterocycles. The molecule has 2 heterocycles. The zero-order valence-corrected chi connectivity index (χ0v) is 25.9. The van der Waals surface area contributed by atoms with E-state index < -0.39 is 11.5 Å².